The average Bonchev–Trinajstić information content (AvgIpc) is 1.61. The zero-order valence-electron chi connectivity index (χ0n) is 83.3. The van der Waals surface area contributed by atoms with Crippen LogP contribution in [0.5, 0.6) is 28.7 Å². The lowest BCUT2D eigenvalue weighted by Gasteiger charge is -2.35. The summed E-state index contributed by atoms with van der Waals surface area (Å²) in [6.45, 7) is 17.7. The lowest BCUT2D eigenvalue weighted by atomic mass is 9.92. The van der Waals surface area contributed by atoms with Gasteiger partial charge in [0.15, 0.2) is 0 Å². The first kappa shape index (κ1) is 107. The molecule has 30 nitrogen and oxygen atoms in total. The maximum absolute atomic E-state index is 13.5. The molecule has 786 valence electrons. The van der Waals surface area contributed by atoms with Crippen molar-refractivity contribution >= 4 is 153 Å². The van der Waals surface area contributed by atoms with E-state index in [1.807, 2.05) is 157 Å². The lowest BCUT2D eigenvalue weighted by molar-refractivity contribution is 0.0428. The van der Waals surface area contributed by atoms with Crippen LogP contribution < -0.4 is 28.4 Å². The van der Waals surface area contributed by atoms with Crippen molar-refractivity contribution < 1.29 is 76.1 Å². The topological polar surface area (TPSA) is 343 Å². The van der Waals surface area contributed by atoms with Crippen LogP contribution in [0.4, 0.5) is 24.9 Å². The van der Waals surface area contributed by atoms with Gasteiger partial charge in [0.05, 0.1) is 45.1 Å². The first-order chi connectivity index (χ1) is 72.8. The third kappa shape index (κ3) is 26.0. The summed E-state index contributed by atoms with van der Waals surface area (Å²) >= 11 is 37.1. The number of hydrogen-bond acceptors (Lipinski definition) is 20. The first-order valence-corrected chi connectivity index (χ1v) is 54.6. The van der Waals surface area contributed by atoms with Crippen molar-refractivity contribution in [1.29, 1.82) is 0 Å². The Hall–Kier alpha value is -12.7. The van der Waals surface area contributed by atoms with Gasteiger partial charge in [-0.1, -0.05) is 125 Å². The highest BCUT2D eigenvalue weighted by molar-refractivity contribution is 7.92. The molecule has 8 N–H and O–H groups in total. The van der Waals surface area contributed by atoms with Crippen LogP contribution in [-0.4, -0.2) is 255 Å². The van der Waals surface area contributed by atoms with Gasteiger partial charge in [0.25, 0.3) is 0 Å². The van der Waals surface area contributed by atoms with Gasteiger partial charge in [-0.25, -0.2) is 32.6 Å². The fourth-order valence-corrected chi connectivity index (χ4v) is 22.2. The number of aliphatic hydroxyl groups is 3. The summed E-state index contributed by atoms with van der Waals surface area (Å²) in [4.78, 5) is 84.6. The molecule has 0 bridgehead atoms. The van der Waals surface area contributed by atoms with Gasteiger partial charge in [-0.05, 0) is 293 Å². The number of piperazine rings is 1. The molecule has 4 amide bonds. The van der Waals surface area contributed by atoms with Crippen LogP contribution in [0.1, 0.15) is 138 Å². The zero-order valence-corrected chi connectivity index (χ0v) is 88.7. The first-order valence-electron chi connectivity index (χ1n) is 50.7. The van der Waals surface area contributed by atoms with E-state index in [9.17, 15) is 37.8 Å². The van der Waals surface area contributed by atoms with Gasteiger partial charge in [0, 0.05) is 187 Å². The number of ether oxygens (including phenoxy) is 7. The number of anilines is 1. The normalized spacial score (nSPS) is 17.2. The fraction of sp³-hybridized carbons (Fsp3) is 0.336. The van der Waals surface area contributed by atoms with E-state index in [0.717, 1.165) is 157 Å². The summed E-state index contributed by atoms with van der Waals surface area (Å²) < 4.78 is 68.3. The second-order valence-electron chi connectivity index (χ2n) is 37.7. The van der Waals surface area contributed by atoms with E-state index in [2.05, 4.69) is 56.5 Å². The molecule has 37 heteroatoms. The highest BCUT2D eigenvalue weighted by Gasteiger charge is 2.42. The molecule has 2 fully saturated rings. The molecule has 0 radical (unpaired) electrons. The molecule has 0 saturated carbocycles. The highest BCUT2D eigenvalue weighted by Crippen LogP contribution is 2.47. The van der Waals surface area contributed by atoms with Crippen LogP contribution in [-0.2, 0) is 51.7 Å². The van der Waals surface area contributed by atoms with Gasteiger partial charge in [-0.3, -0.25) is 34.1 Å². The number of halogens is 6. The van der Waals surface area contributed by atoms with E-state index in [1.54, 1.807) is 112 Å². The van der Waals surface area contributed by atoms with E-state index in [-0.39, 0.29) is 49.8 Å². The Morgan fingerprint density at radius 1 is 0.400 bits per heavy atom. The number of carbonyl (C=O) groups is 4. The van der Waals surface area contributed by atoms with E-state index in [0.29, 0.717) is 144 Å². The van der Waals surface area contributed by atoms with Crippen molar-refractivity contribution in [3.05, 3.63) is 335 Å². The van der Waals surface area contributed by atoms with Crippen molar-refractivity contribution in [2.24, 2.45) is 0 Å². The molecule has 0 aliphatic carbocycles. The van der Waals surface area contributed by atoms with Gasteiger partial charge in [0.2, 0.25) is 10.0 Å². The fourth-order valence-electron chi connectivity index (χ4n) is 20.6. The number of rotatable bonds is 28. The molecule has 150 heavy (non-hydrogen) atoms. The summed E-state index contributed by atoms with van der Waals surface area (Å²) in [6, 6.07) is 65.4. The number of amides is 4. The van der Waals surface area contributed by atoms with Crippen LogP contribution in [0.15, 0.2) is 237 Å². The number of carbonyl (C=O) groups excluding carboxylic acids is 4. The Balaban J connectivity index is 0.000000131. The smallest absolute Gasteiger partial charge is 0.416 e. The number of benzene rings is 10. The molecule has 6 unspecified atom stereocenters. The van der Waals surface area contributed by atoms with E-state index in [1.165, 1.54) is 37.9 Å². The minimum absolute atomic E-state index is 0.0251. The van der Waals surface area contributed by atoms with Crippen LogP contribution in [0.3, 0.4) is 0 Å². The Labute approximate surface area is 900 Å². The third-order valence-corrected chi connectivity index (χ3v) is 30.6. The lowest BCUT2D eigenvalue weighted by Crippen LogP contribution is -2.49. The molecular weight excluding hydrogens is 2050 g/mol. The summed E-state index contributed by atoms with van der Waals surface area (Å²) in [5.41, 5.74) is 16.4. The number of aromatic amines is 4. The van der Waals surface area contributed by atoms with Crippen LogP contribution >= 0.6 is 69.6 Å². The predicted octanol–water partition coefficient (Wildman–Crippen LogP) is 22.1. The minimum Gasteiger partial charge on any atom is -0.494 e. The molecular formula is C113H120Cl6N14O16S. The summed E-state index contributed by atoms with van der Waals surface area (Å²) in [7, 11) is -3.40. The minimum atomic E-state index is -3.40. The zero-order chi connectivity index (χ0) is 105. The number of nitrogens with zero attached hydrogens (tertiary/aromatic N) is 9. The Morgan fingerprint density at radius 3 is 1.10 bits per heavy atom. The molecule has 5 aromatic heterocycles. The Morgan fingerprint density at radius 2 is 0.740 bits per heavy atom. The van der Waals surface area contributed by atoms with E-state index >= 15 is 0 Å². The third-order valence-electron chi connectivity index (χ3n) is 27.9. The quantitative estimate of drug-likeness (QED) is 0.0211. The summed E-state index contributed by atoms with van der Waals surface area (Å²) in [5.74, 6) is 2.91. The average molecular weight is 2180 g/mol. The molecule has 2 saturated heterocycles. The number of fused-ring (bicyclic) bond motifs is 12. The number of sulfonamides is 1. The van der Waals surface area contributed by atoms with Crippen molar-refractivity contribution in [2.45, 2.75) is 115 Å². The maximum atomic E-state index is 13.5. The van der Waals surface area contributed by atoms with Crippen LogP contribution in [0, 0.1) is 0 Å². The van der Waals surface area contributed by atoms with Crippen molar-refractivity contribution in [3.63, 3.8) is 0 Å². The number of aliphatic hydroxyl groups excluding tert-OH is 3. The Kier molecular flexibility index (Phi) is 35.4. The van der Waals surface area contributed by atoms with Gasteiger partial charge in [-0.15, -0.1) is 0 Å². The standard InChI is InChI=1S/C33H36Cl2N4O5.C28H34ClN3O3.C26H23Cl2N3O4S.C26H27ClN4O4/c34-23-3-8-27(9-4-23)44-33(42)39-12-11-28-29-19-24(35)5-10-30(29)36-31(28)32(39)22-1-6-26(7-2-22)43-21-25(41)20-38-15-13-37(14-16-38)17-18-40;1-2-34-28(33)32-17-13-23-24-19-21(29)9-12-25(24)30-26(23)27(32)20-7-10-22(11-8-20)35-18-6-16-31-14-4-3-5-15-31;1-2-36(33,34)30-19-8-3-16(4-9-19)25-24-21(22-15-18(28)7-12-23(22)29-24)13-14-31(25)26(32)35-20-10-5-17(27)6-11-20;1-2-34-26(33)31-11-9-21-22-13-18(27)5-8-23(22)29-24(21)25(31)17-3-6-20(7-4-17)35-15-19(32)14-30-12-10-28-16-30/h1-10,19,25,32,36,40-41H,11-18,20-21H2;7-12,19,27,30H,2-6,13-18H2,1H3;3-12,15,25,29-30H,2,13-14H2,1H3;3-8,10,12-13,16,19,25,29,32H,2,9,11,14-15H2,1H3. The van der Waals surface area contributed by atoms with Crippen molar-refractivity contribution in [2.75, 3.05) is 135 Å². The van der Waals surface area contributed by atoms with Gasteiger partial charge < -0.3 is 77.9 Å². The largest absolute Gasteiger partial charge is 0.494 e. The molecule has 0 spiro atoms. The number of piperidine rings is 1. The number of imidazole rings is 1. The van der Waals surface area contributed by atoms with Gasteiger partial charge >= 0.3 is 24.4 Å². The van der Waals surface area contributed by atoms with Crippen molar-refractivity contribution in [3.8, 4) is 28.7 Å². The van der Waals surface area contributed by atoms with Crippen molar-refractivity contribution in [1.82, 2.24) is 63.8 Å². The second-order valence-corrected chi connectivity index (χ2v) is 42.4. The number of hydrogen-bond donors (Lipinski definition) is 8. The summed E-state index contributed by atoms with van der Waals surface area (Å²) in [5, 5.41) is 38.1. The Bertz CT molecular complexity index is 7280. The van der Waals surface area contributed by atoms with Gasteiger partial charge in [0.1, 0.15) is 78.3 Å². The molecule has 11 heterocycles. The number of aromatic nitrogens is 6. The molecule has 6 atom stereocenters. The number of nitrogens with one attached hydrogen (secondary N) is 5. The van der Waals surface area contributed by atoms with E-state index < -0.39 is 46.5 Å². The van der Waals surface area contributed by atoms with Crippen LogP contribution in [0.25, 0.3) is 43.6 Å². The number of β-amino-alcohol motifs (C(OH)–C–C–N with tert-alkyl or cyclic N) is 2. The second kappa shape index (κ2) is 49.6. The monoisotopic (exact) mass is 2170 g/mol. The molecule has 10 aromatic carbocycles. The molecule has 6 aliphatic heterocycles. The molecule has 6 aliphatic rings. The van der Waals surface area contributed by atoms with E-state index in [4.69, 9.17) is 108 Å². The maximum Gasteiger partial charge on any atom is 0.416 e. The molecule has 21 rings (SSSR count). The predicted molar refractivity (Wildman–Crippen MR) is 586 cm³/mol. The number of likely N-dealkylation sites (tertiary alicyclic amines) is 1. The number of H-pyrrole nitrogens is 4. The van der Waals surface area contributed by atoms with Crippen LogP contribution in [0.2, 0.25) is 30.1 Å². The summed E-state index contributed by atoms with van der Waals surface area (Å²) in [6.07, 6.45) is 9.99. The van der Waals surface area contributed by atoms with Gasteiger partial charge in [-0.2, -0.15) is 0 Å². The SMILES string of the molecule is CCOC(=O)N1CCc2c([nH]c3ccc(Cl)cc23)C1c1ccc(OCC(O)Cn2ccnc2)cc1.CCOC(=O)N1CCc2c([nH]c3ccc(Cl)cc23)C1c1ccc(OCCCN2CCCCC2)cc1.CCS(=O)(=O)Nc1ccc(C2c3[nH]c4ccc(Cl)cc4c3CCN2C(=O)Oc2ccc(Cl)cc2)cc1.O=C(Oc1ccc(Cl)cc1)N1CCc2c([nH]c3ccc(Cl)cc23)C1c1ccc(OCC(O)CN2CCN(CCO)CC2)cc1. The highest BCUT2D eigenvalue weighted by atomic mass is 35.5. The molecule has 15 aromatic rings.